The minimum Gasteiger partial charge on any atom is -0.162 e. The summed E-state index contributed by atoms with van der Waals surface area (Å²) >= 11 is 4.21. The summed E-state index contributed by atoms with van der Waals surface area (Å²) in [7, 11) is 0. The molecule has 0 saturated heterocycles. The first-order chi connectivity index (χ1) is 6.31. The molecular weight excluding hydrogens is 196 g/mol. The van der Waals surface area contributed by atoms with Crippen LogP contribution in [0.25, 0.3) is 0 Å². The number of hydrogen-bond donors (Lipinski definition) is 0. The van der Waals surface area contributed by atoms with E-state index in [1.807, 2.05) is 0 Å². The molecule has 0 nitrogen and oxygen atoms in total. The Balaban J connectivity index is 3.03. The van der Waals surface area contributed by atoms with Crippen molar-refractivity contribution in [1.29, 1.82) is 0 Å². The van der Waals surface area contributed by atoms with Gasteiger partial charge in [0.05, 0.1) is 0 Å². The van der Waals surface area contributed by atoms with Gasteiger partial charge in [0, 0.05) is 0 Å². The molecule has 13 heavy (non-hydrogen) atoms. The molecule has 0 spiro atoms. The Morgan fingerprint density at radius 1 is 1.08 bits per heavy atom. The van der Waals surface area contributed by atoms with Crippen LogP contribution in [0.1, 0.15) is 40.0 Å². The van der Waals surface area contributed by atoms with Gasteiger partial charge in [-0.25, -0.2) is 0 Å². The van der Waals surface area contributed by atoms with E-state index in [2.05, 4.69) is 44.3 Å². The van der Waals surface area contributed by atoms with Crippen molar-refractivity contribution in [2.45, 2.75) is 40.0 Å². The van der Waals surface area contributed by atoms with Crippen molar-refractivity contribution in [2.75, 3.05) is 23.0 Å². The first-order valence-corrected chi connectivity index (χ1v) is 7.77. The van der Waals surface area contributed by atoms with Crippen molar-refractivity contribution in [2.24, 2.45) is 5.92 Å². The van der Waals surface area contributed by atoms with E-state index < -0.39 is 0 Å². The van der Waals surface area contributed by atoms with Crippen LogP contribution in [-0.2, 0) is 0 Å². The molecule has 1 atom stereocenters. The van der Waals surface area contributed by atoms with Gasteiger partial charge in [-0.3, -0.25) is 0 Å². The molecule has 0 N–H and O–H groups in total. The first-order valence-electron chi connectivity index (χ1n) is 5.46. The standard InChI is InChI=1S/C11H24S2/c1-4-6-8-13-9-7-11(3)10-12-5-2/h11H,4-10H2,1-3H3. The molecular formula is C11H24S2. The Hall–Kier alpha value is 0.700. The van der Waals surface area contributed by atoms with Crippen LogP contribution in [0, 0.1) is 5.92 Å². The Bertz CT molecular complexity index is 94.1. The van der Waals surface area contributed by atoms with Crippen LogP contribution in [0.2, 0.25) is 0 Å². The molecule has 0 rings (SSSR count). The average Bonchev–Trinajstić information content (AvgIpc) is 2.14. The third kappa shape index (κ3) is 10.6. The van der Waals surface area contributed by atoms with Crippen LogP contribution in [0.15, 0.2) is 0 Å². The number of unbranched alkanes of at least 4 members (excludes halogenated alkanes) is 1. The van der Waals surface area contributed by atoms with Gasteiger partial charge in [-0.15, -0.1) is 0 Å². The second-order valence-corrected chi connectivity index (χ2v) is 6.06. The third-order valence-electron chi connectivity index (χ3n) is 2.00. The Kier molecular flexibility index (Phi) is 11.4. The van der Waals surface area contributed by atoms with Crippen molar-refractivity contribution < 1.29 is 0 Å². The van der Waals surface area contributed by atoms with Gasteiger partial charge in [0.2, 0.25) is 0 Å². The van der Waals surface area contributed by atoms with Gasteiger partial charge in [-0.05, 0) is 41.8 Å². The summed E-state index contributed by atoms with van der Waals surface area (Å²) in [5.74, 6) is 6.27. The maximum atomic E-state index is 2.38. The van der Waals surface area contributed by atoms with Crippen LogP contribution >= 0.6 is 23.5 Å². The molecule has 0 aromatic carbocycles. The molecule has 0 radical (unpaired) electrons. The second-order valence-electron chi connectivity index (χ2n) is 3.52. The van der Waals surface area contributed by atoms with E-state index in [4.69, 9.17) is 0 Å². The lowest BCUT2D eigenvalue weighted by Crippen LogP contribution is -2.00. The lowest BCUT2D eigenvalue weighted by molar-refractivity contribution is 0.643. The zero-order chi connectivity index (χ0) is 9.94. The smallest absolute Gasteiger partial charge is 0.00416 e. The highest BCUT2D eigenvalue weighted by Crippen LogP contribution is 2.15. The third-order valence-corrected chi connectivity index (χ3v) is 4.32. The summed E-state index contributed by atoms with van der Waals surface area (Å²) in [6, 6.07) is 0. The molecule has 0 aromatic rings. The van der Waals surface area contributed by atoms with Gasteiger partial charge in [-0.1, -0.05) is 27.2 Å². The maximum Gasteiger partial charge on any atom is -0.00416 e. The van der Waals surface area contributed by atoms with E-state index in [1.54, 1.807) is 0 Å². The van der Waals surface area contributed by atoms with E-state index in [0.717, 1.165) is 5.92 Å². The minimum atomic E-state index is 0.916. The molecule has 0 aliphatic rings. The fourth-order valence-electron chi connectivity index (χ4n) is 1.04. The SMILES string of the molecule is CCCCSCCC(C)CSCC. The van der Waals surface area contributed by atoms with E-state index in [0.29, 0.717) is 0 Å². The van der Waals surface area contributed by atoms with Crippen molar-refractivity contribution in [3.63, 3.8) is 0 Å². The zero-order valence-corrected chi connectivity index (χ0v) is 11.0. The van der Waals surface area contributed by atoms with Crippen molar-refractivity contribution in [1.82, 2.24) is 0 Å². The molecule has 0 aliphatic carbocycles. The summed E-state index contributed by atoms with van der Waals surface area (Å²) < 4.78 is 0. The van der Waals surface area contributed by atoms with Crippen LogP contribution in [-0.4, -0.2) is 23.0 Å². The summed E-state index contributed by atoms with van der Waals surface area (Å²) in [6.45, 7) is 6.89. The zero-order valence-electron chi connectivity index (χ0n) is 9.34. The van der Waals surface area contributed by atoms with Gasteiger partial charge in [0.1, 0.15) is 0 Å². The maximum absolute atomic E-state index is 2.38. The van der Waals surface area contributed by atoms with E-state index in [1.165, 1.54) is 42.3 Å². The lowest BCUT2D eigenvalue weighted by Gasteiger charge is -2.09. The van der Waals surface area contributed by atoms with E-state index in [9.17, 15) is 0 Å². The van der Waals surface area contributed by atoms with Crippen LogP contribution in [0.5, 0.6) is 0 Å². The van der Waals surface area contributed by atoms with E-state index in [-0.39, 0.29) is 0 Å². The summed E-state index contributed by atoms with van der Waals surface area (Å²) in [6.07, 6.45) is 4.14. The molecule has 80 valence electrons. The number of thioether (sulfide) groups is 2. The quantitative estimate of drug-likeness (QED) is 0.531. The average molecular weight is 220 g/mol. The predicted molar refractivity (Wildman–Crippen MR) is 69.0 cm³/mol. The van der Waals surface area contributed by atoms with Gasteiger partial charge >= 0.3 is 0 Å². The molecule has 0 bridgehead atoms. The fourth-order valence-corrected chi connectivity index (χ4v) is 3.11. The second kappa shape index (κ2) is 10.8. The summed E-state index contributed by atoms with van der Waals surface area (Å²) in [5.41, 5.74) is 0. The highest BCUT2D eigenvalue weighted by molar-refractivity contribution is 7.99. The van der Waals surface area contributed by atoms with E-state index >= 15 is 0 Å². The van der Waals surface area contributed by atoms with Gasteiger partial charge in [-0.2, -0.15) is 23.5 Å². The van der Waals surface area contributed by atoms with Crippen molar-refractivity contribution >= 4 is 23.5 Å². The monoisotopic (exact) mass is 220 g/mol. The molecule has 0 aromatic heterocycles. The topological polar surface area (TPSA) is 0 Å². The van der Waals surface area contributed by atoms with Crippen LogP contribution in [0.4, 0.5) is 0 Å². The molecule has 2 heteroatoms. The van der Waals surface area contributed by atoms with Crippen molar-refractivity contribution in [3.8, 4) is 0 Å². The summed E-state index contributed by atoms with van der Waals surface area (Å²) in [5, 5.41) is 0. The first kappa shape index (κ1) is 13.7. The molecule has 0 heterocycles. The molecule has 0 amide bonds. The largest absolute Gasteiger partial charge is 0.162 e. The minimum absolute atomic E-state index is 0.916. The number of hydrogen-bond acceptors (Lipinski definition) is 2. The Morgan fingerprint density at radius 3 is 2.46 bits per heavy atom. The number of rotatable bonds is 9. The van der Waals surface area contributed by atoms with Crippen molar-refractivity contribution in [3.05, 3.63) is 0 Å². The normalized spacial score (nSPS) is 13.2. The van der Waals surface area contributed by atoms with Gasteiger partial charge in [0.25, 0.3) is 0 Å². The highest BCUT2D eigenvalue weighted by Gasteiger charge is 2.00. The molecule has 0 aliphatic heterocycles. The van der Waals surface area contributed by atoms with Gasteiger partial charge < -0.3 is 0 Å². The lowest BCUT2D eigenvalue weighted by atomic mass is 10.2. The summed E-state index contributed by atoms with van der Waals surface area (Å²) in [4.78, 5) is 0. The molecule has 0 fully saturated rings. The van der Waals surface area contributed by atoms with Crippen LogP contribution < -0.4 is 0 Å². The highest BCUT2D eigenvalue weighted by atomic mass is 32.2. The van der Waals surface area contributed by atoms with Crippen LogP contribution in [0.3, 0.4) is 0 Å². The van der Waals surface area contributed by atoms with Gasteiger partial charge in [0.15, 0.2) is 0 Å². The fraction of sp³-hybridized carbons (Fsp3) is 1.00. The Morgan fingerprint density at radius 2 is 1.85 bits per heavy atom. The Labute approximate surface area is 92.6 Å². The molecule has 1 unspecified atom stereocenters. The predicted octanol–water partition coefficient (Wildman–Crippen LogP) is 4.30. The molecule has 0 saturated carbocycles.